The van der Waals surface area contributed by atoms with Crippen LogP contribution in [0.3, 0.4) is 0 Å². The lowest BCUT2D eigenvalue weighted by Gasteiger charge is -2.02. The maximum Gasteiger partial charge on any atom is 0.148 e. The summed E-state index contributed by atoms with van der Waals surface area (Å²) in [5.41, 5.74) is 0.956. The SMILES string of the molecule is O=C[C@H](O)Cc1ccc(Br)cc1. The van der Waals surface area contributed by atoms with Crippen molar-refractivity contribution < 1.29 is 9.90 Å². The average Bonchev–Trinajstić information content (AvgIpc) is 2.09. The Labute approximate surface area is 79.3 Å². The van der Waals surface area contributed by atoms with Gasteiger partial charge in [-0.15, -0.1) is 0 Å². The van der Waals surface area contributed by atoms with Crippen molar-refractivity contribution in [2.75, 3.05) is 0 Å². The average molecular weight is 229 g/mol. The van der Waals surface area contributed by atoms with Crippen molar-refractivity contribution in [3.63, 3.8) is 0 Å². The Morgan fingerprint density at radius 2 is 2.00 bits per heavy atom. The largest absolute Gasteiger partial charge is 0.385 e. The number of aliphatic hydroxyl groups excluding tert-OH is 1. The molecular formula is C9H9BrO2. The quantitative estimate of drug-likeness (QED) is 0.798. The molecule has 0 aromatic heterocycles. The summed E-state index contributed by atoms with van der Waals surface area (Å²) in [6.07, 6.45) is 0.0462. The first-order chi connectivity index (χ1) is 5.72. The van der Waals surface area contributed by atoms with Crippen molar-refractivity contribution in [1.82, 2.24) is 0 Å². The molecule has 0 aliphatic rings. The van der Waals surface area contributed by atoms with Gasteiger partial charge in [-0.2, -0.15) is 0 Å². The van der Waals surface area contributed by atoms with Crippen LogP contribution in [-0.2, 0) is 11.2 Å². The van der Waals surface area contributed by atoms with Crippen LogP contribution in [0, 0.1) is 0 Å². The Bertz CT molecular complexity index is 256. The van der Waals surface area contributed by atoms with Crippen LogP contribution in [0.1, 0.15) is 5.56 Å². The van der Waals surface area contributed by atoms with Crippen LogP contribution in [0.5, 0.6) is 0 Å². The highest BCUT2D eigenvalue weighted by atomic mass is 79.9. The minimum absolute atomic E-state index is 0.386. The van der Waals surface area contributed by atoms with Crippen LogP contribution in [0.4, 0.5) is 0 Å². The number of aldehydes is 1. The molecule has 1 aromatic carbocycles. The molecule has 2 nitrogen and oxygen atoms in total. The maximum atomic E-state index is 10.1. The zero-order chi connectivity index (χ0) is 8.97. The highest BCUT2D eigenvalue weighted by Crippen LogP contribution is 2.11. The summed E-state index contributed by atoms with van der Waals surface area (Å²) in [4.78, 5) is 10.1. The van der Waals surface area contributed by atoms with Gasteiger partial charge in [-0.3, -0.25) is 0 Å². The normalized spacial score (nSPS) is 12.5. The van der Waals surface area contributed by atoms with E-state index in [9.17, 15) is 4.79 Å². The summed E-state index contributed by atoms with van der Waals surface area (Å²) in [6, 6.07) is 7.51. The van der Waals surface area contributed by atoms with Crippen molar-refractivity contribution in [3.8, 4) is 0 Å². The number of halogens is 1. The molecule has 0 heterocycles. The van der Waals surface area contributed by atoms with Gasteiger partial charge in [-0.1, -0.05) is 28.1 Å². The van der Waals surface area contributed by atoms with Gasteiger partial charge < -0.3 is 9.90 Å². The fourth-order valence-corrected chi connectivity index (χ4v) is 1.17. The first-order valence-electron chi connectivity index (χ1n) is 3.60. The summed E-state index contributed by atoms with van der Waals surface area (Å²) in [5, 5.41) is 9.00. The second-order valence-corrected chi connectivity index (χ2v) is 3.45. The molecule has 12 heavy (non-hydrogen) atoms. The minimum atomic E-state index is -0.883. The Morgan fingerprint density at radius 3 is 2.50 bits per heavy atom. The summed E-state index contributed by atoms with van der Waals surface area (Å²) in [6.45, 7) is 0. The van der Waals surface area contributed by atoms with E-state index in [2.05, 4.69) is 15.9 Å². The Balaban J connectivity index is 2.64. The molecule has 64 valence electrons. The third kappa shape index (κ3) is 2.75. The Kier molecular flexibility index (Phi) is 3.44. The van der Waals surface area contributed by atoms with E-state index in [0.717, 1.165) is 10.0 Å². The van der Waals surface area contributed by atoms with E-state index in [0.29, 0.717) is 12.7 Å². The minimum Gasteiger partial charge on any atom is -0.385 e. The van der Waals surface area contributed by atoms with Gasteiger partial charge in [-0.05, 0) is 17.7 Å². The van der Waals surface area contributed by atoms with Crippen LogP contribution in [0.15, 0.2) is 28.7 Å². The third-order valence-electron chi connectivity index (χ3n) is 1.52. The summed E-state index contributed by atoms with van der Waals surface area (Å²) < 4.78 is 0.992. The van der Waals surface area contributed by atoms with Crippen LogP contribution in [0.2, 0.25) is 0 Å². The summed E-state index contributed by atoms with van der Waals surface area (Å²) >= 11 is 3.30. The van der Waals surface area contributed by atoms with E-state index in [1.807, 2.05) is 24.3 Å². The van der Waals surface area contributed by atoms with Crippen molar-refractivity contribution in [2.45, 2.75) is 12.5 Å². The molecule has 1 atom stereocenters. The molecule has 1 rings (SSSR count). The predicted octanol–water partition coefficient (Wildman–Crippen LogP) is 1.55. The molecule has 0 spiro atoms. The number of carbonyl (C=O) groups excluding carboxylic acids is 1. The molecule has 0 fully saturated rings. The van der Waals surface area contributed by atoms with Crippen LogP contribution < -0.4 is 0 Å². The lowest BCUT2D eigenvalue weighted by molar-refractivity contribution is -0.114. The molecule has 0 saturated carbocycles. The van der Waals surface area contributed by atoms with E-state index in [-0.39, 0.29) is 0 Å². The highest BCUT2D eigenvalue weighted by molar-refractivity contribution is 9.10. The standard InChI is InChI=1S/C9H9BrO2/c10-8-3-1-7(2-4-8)5-9(12)6-11/h1-4,6,9,12H,5H2/t9-/m1/s1. The summed E-state index contributed by atoms with van der Waals surface area (Å²) in [5.74, 6) is 0. The Hall–Kier alpha value is -0.670. The van der Waals surface area contributed by atoms with Gasteiger partial charge in [0.1, 0.15) is 12.4 Å². The lowest BCUT2D eigenvalue weighted by atomic mass is 10.1. The number of carbonyl (C=O) groups is 1. The van der Waals surface area contributed by atoms with Crippen LogP contribution in [-0.4, -0.2) is 17.5 Å². The monoisotopic (exact) mass is 228 g/mol. The second-order valence-electron chi connectivity index (χ2n) is 2.53. The van der Waals surface area contributed by atoms with Crippen LogP contribution >= 0.6 is 15.9 Å². The zero-order valence-corrected chi connectivity index (χ0v) is 7.99. The lowest BCUT2D eigenvalue weighted by Crippen LogP contribution is -2.11. The van der Waals surface area contributed by atoms with Gasteiger partial charge in [0.2, 0.25) is 0 Å². The number of hydrogen-bond donors (Lipinski definition) is 1. The molecule has 0 aliphatic heterocycles. The summed E-state index contributed by atoms with van der Waals surface area (Å²) in [7, 11) is 0. The smallest absolute Gasteiger partial charge is 0.148 e. The van der Waals surface area contributed by atoms with E-state index in [1.54, 1.807) is 0 Å². The fraction of sp³-hybridized carbons (Fsp3) is 0.222. The first-order valence-corrected chi connectivity index (χ1v) is 4.39. The molecule has 0 aliphatic carbocycles. The van der Waals surface area contributed by atoms with E-state index < -0.39 is 6.10 Å². The van der Waals surface area contributed by atoms with E-state index in [4.69, 9.17) is 5.11 Å². The van der Waals surface area contributed by atoms with Crippen molar-refractivity contribution in [3.05, 3.63) is 34.3 Å². The molecule has 1 aromatic rings. The van der Waals surface area contributed by atoms with Gasteiger partial charge in [0.25, 0.3) is 0 Å². The first kappa shape index (κ1) is 9.42. The van der Waals surface area contributed by atoms with Gasteiger partial charge >= 0.3 is 0 Å². The topological polar surface area (TPSA) is 37.3 Å². The van der Waals surface area contributed by atoms with Crippen LogP contribution in [0.25, 0.3) is 0 Å². The molecule has 3 heteroatoms. The number of hydrogen-bond acceptors (Lipinski definition) is 2. The molecular weight excluding hydrogens is 220 g/mol. The molecule has 0 radical (unpaired) electrons. The van der Waals surface area contributed by atoms with Gasteiger partial charge in [0.15, 0.2) is 0 Å². The fourth-order valence-electron chi connectivity index (χ4n) is 0.910. The predicted molar refractivity (Wildman–Crippen MR) is 49.9 cm³/mol. The highest BCUT2D eigenvalue weighted by Gasteiger charge is 2.02. The molecule has 1 N–H and O–H groups in total. The third-order valence-corrected chi connectivity index (χ3v) is 2.04. The Morgan fingerprint density at radius 1 is 1.42 bits per heavy atom. The molecule has 0 saturated heterocycles. The maximum absolute atomic E-state index is 10.1. The molecule has 0 bridgehead atoms. The van der Waals surface area contributed by atoms with E-state index >= 15 is 0 Å². The van der Waals surface area contributed by atoms with Gasteiger partial charge in [0, 0.05) is 10.9 Å². The van der Waals surface area contributed by atoms with Gasteiger partial charge in [-0.25, -0.2) is 0 Å². The molecule has 0 amide bonds. The number of aliphatic hydroxyl groups is 1. The van der Waals surface area contributed by atoms with Crippen molar-refractivity contribution in [2.24, 2.45) is 0 Å². The van der Waals surface area contributed by atoms with Gasteiger partial charge in [0.05, 0.1) is 0 Å². The number of rotatable bonds is 3. The molecule has 0 unspecified atom stereocenters. The zero-order valence-electron chi connectivity index (χ0n) is 6.40. The second kappa shape index (κ2) is 4.38. The van der Waals surface area contributed by atoms with Crippen molar-refractivity contribution in [1.29, 1.82) is 0 Å². The van der Waals surface area contributed by atoms with Crippen molar-refractivity contribution >= 4 is 22.2 Å². The van der Waals surface area contributed by atoms with E-state index in [1.165, 1.54) is 0 Å². The number of benzene rings is 1.